The minimum Gasteiger partial charge on any atom is -0.341 e. The van der Waals surface area contributed by atoms with Gasteiger partial charge in [0.2, 0.25) is 15.9 Å². The van der Waals surface area contributed by atoms with E-state index in [1.54, 1.807) is 0 Å². The van der Waals surface area contributed by atoms with Crippen molar-refractivity contribution in [1.29, 1.82) is 0 Å². The number of sulfonamides is 1. The monoisotopic (exact) mass is 398 g/mol. The van der Waals surface area contributed by atoms with Gasteiger partial charge in [-0.05, 0) is 35.4 Å². The fourth-order valence-corrected chi connectivity index (χ4v) is 5.24. The molecule has 2 aromatic rings. The van der Waals surface area contributed by atoms with Gasteiger partial charge in [0.15, 0.2) is 0 Å². The maximum absolute atomic E-state index is 13.2. The van der Waals surface area contributed by atoms with Crippen LogP contribution in [0.3, 0.4) is 0 Å². The van der Waals surface area contributed by atoms with E-state index in [4.69, 9.17) is 0 Å². The molecule has 0 aromatic heterocycles. The molecule has 148 valence electrons. The molecule has 1 aliphatic carbocycles. The van der Waals surface area contributed by atoms with Gasteiger partial charge in [-0.1, -0.05) is 61.5 Å². The van der Waals surface area contributed by atoms with Crippen molar-refractivity contribution < 1.29 is 13.2 Å². The standard InChI is InChI=1S/C22H26N2O3S/c1-22(21(25)24-13-12-17(15-24)23-28(2,26)27)14-20(22)19-11-7-6-10-18(19)16-8-4-3-5-9-16/h3-11,17,20,23H,12-15H2,1-2H3/t17-,20+,22-/m1/s1. The minimum absolute atomic E-state index is 0.137. The molecule has 0 spiro atoms. The molecule has 0 bridgehead atoms. The van der Waals surface area contributed by atoms with Crippen molar-refractivity contribution >= 4 is 15.9 Å². The second kappa shape index (κ2) is 7.01. The zero-order valence-corrected chi connectivity index (χ0v) is 17.1. The third-order valence-electron chi connectivity index (χ3n) is 6.00. The Morgan fingerprint density at radius 1 is 1.11 bits per heavy atom. The molecular weight excluding hydrogens is 372 g/mol. The number of nitrogens with one attached hydrogen (secondary N) is 1. The van der Waals surface area contributed by atoms with Crippen LogP contribution in [-0.4, -0.2) is 44.6 Å². The van der Waals surface area contributed by atoms with Crippen LogP contribution in [0.2, 0.25) is 0 Å². The van der Waals surface area contributed by atoms with E-state index in [0.717, 1.165) is 12.7 Å². The molecule has 2 fully saturated rings. The Kier molecular flexibility index (Phi) is 4.79. The zero-order chi connectivity index (χ0) is 19.9. The lowest BCUT2D eigenvalue weighted by Crippen LogP contribution is -2.40. The highest BCUT2D eigenvalue weighted by Crippen LogP contribution is 2.61. The Morgan fingerprint density at radius 2 is 1.79 bits per heavy atom. The van der Waals surface area contributed by atoms with Crippen molar-refractivity contribution in [3.05, 3.63) is 60.2 Å². The summed E-state index contributed by atoms with van der Waals surface area (Å²) < 4.78 is 25.6. The molecule has 3 atom stereocenters. The van der Waals surface area contributed by atoms with Crippen molar-refractivity contribution in [3.63, 3.8) is 0 Å². The van der Waals surface area contributed by atoms with Crippen LogP contribution in [0, 0.1) is 5.41 Å². The highest BCUT2D eigenvalue weighted by Gasteiger charge is 2.58. The first kappa shape index (κ1) is 19.2. The third-order valence-corrected chi connectivity index (χ3v) is 6.76. The average Bonchev–Trinajstić information content (AvgIpc) is 3.16. The van der Waals surface area contributed by atoms with Gasteiger partial charge in [-0.2, -0.15) is 0 Å². The van der Waals surface area contributed by atoms with Crippen molar-refractivity contribution in [1.82, 2.24) is 9.62 Å². The van der Waals surface area contributed by atoms with Gasteiger partial charge in [0.1, 0.15) is 0 Å². The van der Waals surface area contributed by atoms with E-state index < -0.39 is 15.4 Å². The summed E-state index contributed by atoms with van der Waals surface area (Å²) >= 11 is 0. The first-order valence-electron chi connectivity index (χ1n) is 9.69. The smallest absolute Gasteiger partial charge is 0.229 e. The van der Waals surface area contributed by atoms with E-state index in [1.807, 2.05) is 42.2 Å². The second-order valence-electron chi connectivity index (χ2n) is 8.25. The van der Waals surface area contributed by atoms with E-state index in [0.29, 0.717) is 19.5 Å². The number of nitrogens with zero attached hydrogens (tertiary/aromatic N) is 1. The maximum Gasteiger partial charge on any atom is 0.229 e. The molecule has 0 unspecified atom stereocenters. The zero-order valence-electron chi connectivity index (χ0n) is 16.3. The quantitative estimate of drug-likeness (QED) is 0.842. The Morgan fingerprint density at radius 3 is 2.50 bits per heavy atom. The van der Waals surface area contributed by atoms with Crippen LogP contribution in [0.4, 0.5) is 0 Å². The van der Waals surface area contributed by atoms with Gasteiger partial charge in [0.05, 0.1) is 11.7 Å². The fraction of sp³-hybridized carbons (Fsp3) is 0.409. The highest BCUT2D eigenvalue weighted by molar-refractivity contribution is 7.88. The largest absolute Gasteiger partial charge is 0.341 e. The molecule has 1 amide bonds. The second-order valence-corrected chi connectivity index (χ2v) is 10.0. The van der Waals surface area contributed by atoms with Crippen LogP contribution in [0.5, 0.6) is 0 Å². The summed E-state index contributed by atoms with van der Waals surface area (Å²) in [5.74, 6) is 0.330. The number of benzene rings is 2. The summed E-state index contributed by atoms with van der Waals surface area (Å²) in [6, 6.07) is 18.4. The van der Waals surface area contributed by atoms with E-state index in [-0.39, 0.29) is 17.9 Å². The molecule has 1 heterocycles. The number of hydrogen-bond acceptors (Lipinski definition) is 3. The van der Waals surface area contributed by atoms with E-state index in [1.165, 1.54) is 16.7 Å². The number of carbonyl (C=O) groups is 1. The molecule has 0 radical (unpaired) electrons. The minimum atomic E-state index is -3.25. The topological polar surface area (TPSA) is 66.5 Å². The van der Waals surface area contributed by atoms with Gasteiger partial charge < -0.3 is 4.90 Å². The highest BCUT2D eigenvalue weighted by atomic mass is 32.2. The number of likely N-dealkylation sites (tertiary alicyclic amines) is 1. The van der Waals surface area contributed by atoms with Gasteiger partial charge in [0.25, 0.3) is 0 Å². The number of hydrogen-bond donors (Lipinski definition) is 1. The summed E-state index contributed by atoms with van der Waals surface area (Å²) in [5, 5.41) is 0. The van der Waals surface area contributed by atoms with Crippen LogP contribution in [0.15, 0.2) is 54.6 Å². The summed E-state index contributed by atoms with van der Waals surface area (Å²) in [4.78, 5) is 15.0. The molecule has 5 nitrogen and oxygen atoms in total. The Hall–Kier alpha value is -2.18. The van der Waals surface area contributed by atoms with Gasteiger partial charge >= 0.3 is 0 Å². The normalized spacial score (nSPS) is 27.0. The maximum atomic E-state index is 13.2. The lowest BCUT2D eigenvalue weighted by molar-refractivity contribution is -0.135. The number of amides is 1. The van der Waals surface area contributed by atoms with Crippen molar-refractivity contribution in [2.75, 3.05) is 19.3 Å². The molecule has 4 rings (SSSR count). The molecule has 1 saturated heterocycles. The van der Waals surface area contributed by atoms with Crippen LogP contribution >= 0.6 is 0 Å². The summed E-state index contributed by atoms with van der Waals surface area (Å²) in [5.41, 5.74) is 3.15. The van der Waals surface area contributed by atoms with E-state index in [9.17, 15) is 13.2 Å². The Labute approximate surface area is 166 Å². The summed E-state index contributed by atoms with van der Waals surface area (Å²) in [7, 11) is -3.25. The third kappa shape index (κ3) is 3.71. The first-order valence-corrected chi connectivity index (χ1v) is 11.6. The number of carbonyl (C=O) groups excluding carboxylic acids is 1. The molecule has 6 heteroatoms. The average molecular weight is 399 g/mol. The molecule has 1 saturated carbocycles. The lowest BCUT2D eigenvalue weighted by Gasteiger charge is -2.22. The Balaban J connectivity index is 1.51. The molecule has 1 aliphatic heterocycles. The SMILES string of the molecule is C[C@@]1(C(=O)N2CC[C@@H](NS(C)(=O)=O)C2)C[C@H]1c1ccccc1-c1ccccc1. The Bertz CT molecular complexity index is 990. The molecule has 2 aromatic carbocycles. The predicted octanol–water partition coefficient (Wildman–Crippen LogP) is 3.00. The van der Waals surface area contributed by atoms with Gasteiger partial charge in [0, 0.05) is 19.1 Å². The molecular formula is C22H26N2O3S. The van der Waals surface area contributed by atoms with Gasteiger partial charge in [-0.25, -0.2) is 13.1 Å². The van der Waals surface area contributed by atoms with E-state index >= 15 is 0 Å². The van der Waals surface area contributed by atoms with Crippen LogP contribution in [0.1, 0.15) is 31.2 Å². The first-order chi connectivity index (χ1) is 13.3. The van der Waals surface area contributed by atoms with Crippen molar-refractivity contribution in [2.24, 2.45) is 5.41 Å². The van der Waals surface area contributed by atoms with Crippen LogP contribution < -0.4 is 4.72 Å². The molecule has 28 heavy (non-hydrogen) atoms. The fourth-order valence-electron chi connectivity index (χ4n) is 4.44. The van der Waals surface area contributed by atoms with Gasteiger partial charge in [-0.3, -0.25) is 4.79 Å². The van der Waals surface area contributed by atoms with Gasteiger partial charge in [-0.15, -0.1) is 0 Å². The van der Waals surface area contributed by atoms with Crippen molar-refractivity contribution in [3.8, 4) is 11.1 Å². The number of rotatable bonds is 5. The van der Waals surface area contributed by atoms with Crippen LogP contribution in [0.25, 0.3) is 11.1 Å². The predicted molar refractivity (Wildman–Crippen MR) is 110 cm³/mol. The molecule has 1 N–H and O–H groups in total. The van der Waals surface area contributed by atoms with Crippen molar-refractivity contribution in [2.45, 2.75) is 31.7 Å². The van der Waals surface area contributed by atoms with E-state index in [2.05, 4.69) is 29.0 Å². The summed E-state index contributed by atoms with van der Waals surface area (Å²) in [6.07, 6.45) is 2.66. The lowest BCUT2D eigenvalue weighted by atomic mass is 9.92. The van der Waals surface area contributed by atoms with Crippen LogP contribution in [-0.2, 0) is 14.8 Å². The molecule has 2 aliphatic rings. The summed E-state index contributed by atoms with van der Waals surface area (Å²) in [6.45, 7) is 3.10.